The summed E-state index contributed by atoms with van der Waals surface area (Å²) in [4.78, 5) is 17.0. The van der Waals surface area contributed by atoms with E-state index in [0.717, 1.165) is 65.0 Å². The lowest BCUT2D eigenvalue weighted by molar-refractivity contribution is -0.117. The van der Waals surface area contributed by atoms with Gasteiger partial charge in [0.15, 0.2) is 5.82 Å². The summed E-state index contributed by atoms with van der Waals surface area (Å²) in [5.74, 6) is 0.924. The van der Waals surface area contributed by atoms with Crippen molar-refractivity contribution in [2.45, 2.75) is 6.42 Å². The number of anilines is 2. The average Bonchev–Trinajstić information content (AvgIpc) is 2.85. The second kappa shape index (κ2) is 10.3. The van der Waals surface area contributed by atoms with Crippen molar-refractivity contribution >= 4 is 44.1 Å². The number of carbonyl (C=O) groups excluding carboxylic acids is 1. The first-order chi connectivity index (χ1) is 16.7. The van der Waals surface area contributed by atoms with Crippen LogP contribution in [0.25, 0.3) is 10.8 Å². The molecule has 0 saturated carbocycles. The van der Waals surface area contributed by atoms with Crippen molar-refractivity contribution in [3.63, 3.8) is 0 Å². The number of hydrogen-bond acceptors (Lipinski definition) is 5. The van der Waals surface area contributed by atoms with Crippen LogP contribution < -0.4 is 10.2 Å². The molecule has 0 radical (unpaired) electrons. The van der Waals surface area contributed by atoms with Gasteiger partial charge < -0.3 is 10.2 Å². The molecule has 1 amide bonds. The monoisotopic (exact) mass is 515 g/mol. The highest BCUT2D eigenvalue weighted by atomic mass is 79.9. The molecule has 1 fully saturated rings. The molecule has 4 aromatic rings. The fraction of sp³-hybridized carbons (Fsp3) is 0.222. The van der Waals surface area contributed by atoms with Crippen LogP contribution in [0.1, 0.15) is 11.3 Å². The number of piperazine rings is 1. The summed E-state index contributed by atoms with van der Waals surface area (Å²) < 4.78 is 0.946. The first-order valence-electron chi connectivity index (χ1n) is 11.5. The molecule has 0 unspecified atom stereocenters. The second-order valence-corrected chi connectivity index (χ2v) is 9.42. The lowest BCUT2D eigenvalue weighted by Gasteiger charge is -2.35. The first-order valence-corrected chi connectivity index (χ1v) is 12.3. The molecule has 7 heteroatoms. The van der Waals surface area contributed by atoms with Gasteiger partial charge in [0.05, 0.1) is 12.2 Å². The standard InChI is InChI=1S/C27H26BrN5O/c28-21-9-6-10-22(18-21)29-26(34)19-32-13-15-33(16-14-32)27-24-12-5-4-11-23(24)25(30-31-27)17-20-7-2-1-3-8-20/h1-12,18H,13-17,19H2,(H,29,34). The Morgan fingerprint density at radius 3 is 2.35 bits per heavy atom. The molecule has 0 atom stereocenters. The lowest BCUT2D eigenvalue weighted by Crippen LogP contribution is -2.49. The number of rotatable bonds is 6. The quantitative estimate of drug-likeness (QED) is 0.401. The van der Waals surface area contributed by atoms with Crippen LogP contribution in [0, 0.1) is 0 Å². The minimum absolute atomic E-state index is 0.00190. The summed E-state index contributed by atoms with van der Waals surface area (Å²) in [7, 11) is 0. The van der Waals surface area contributed by atoms with Crippen LogP contribution in [0.2, 0.25) is 0 Å². The van der Waals surface area contributed by atoms with Crippen molar-refractivity contribution in [1.29, 1.82) is 0 Å². The summed E-state index contributed by atoms with van der Waals surface area (Å²) in [6, 6.07) is 26.4. The lowest BCUT2D eigenvalue weighted by atomic mass is 10.0. The van der Waals surface area contributed by atoms with E-state index < -0.39 is 0 Å². The highest BCUT2D eigenvalue weighted by Gasteiger charge is 2.22. The molecular weight excluding hydrogens is 490 g/mol. The molecule has 172 valence electrons. The molecule has 1 N–H and O–H groups in total. The van der Waals surface area contributed by atoms with Gasteiger partial charge in [-0.15, -0.1) is 5.10 Å². The predicted octanol–water partition coefficient (Wildman–Crippen LogP) is 4.74. The molecule has 6 nitrogen and oxygen atoms in total. The van der Waals surface area contributed by atoms with Gasteiger partial charge in [-0.2, -0.15) is 5.10 Å². The summed E-state index contributed by atoms with van der Waals surface area (Å²) in [5, 5.41) is 14.5. The molecule has 0 bridgehead atoms. The van der Waals surface area contributed by atoms with Gasteiger partial charge >= 0.3 is 0 Å². The normalized spacial score (nSPS) is 14.3. The number of fused-ring (bicyclic) bond motifs is 1. The summed E-state index contributed by atoms with van der Waals surface area (Å²) >= 11 is 3.44. The Morgan fingerprint density at radius 2 is 1.59 bits per heavy atom. The van der Waals surface area contributed by atoms with Gasteiger partial charge in [-0.1, -0.05) is 76.6 Å². The maximum atomic E-state index is 12.5. The highest BCUT2D eigenvalue weighted by molar-refractivity contribution is 9.10. The van der Waals surface area contributed by atoms with Crippen molar-refractivity contribution in [2.24, 2.45) is 0 Å². The van der Waals surface area contributed by atoms with Crippen LogP contribution in [0.3, 0.4) is 0 Å². The molecule has 0 aliphatic carbocycles. The molecule has 5 rings (SSSR count). The van der Waals surface area contributed by atoms with Gasteiger partial charge in [0.1, 0.15) is 0 Å². The van der Waals surface area contributed by atoms with Gasteiger partial charge in [0.25, 0.3) is 0 Å². The SMILES string of the molecule is O=C(CN1CCN(c2nnc(Cc3ccccc3)c3ccccc23)CC1)Nc1cccc(Br)c1. The number of aromatic nitrogens is 2. The van der Waals surface area contributed by atoms with E-state index in [1.165, 1.54) is 5.56 Å². The van der Waals surface area contributed by atoms with Crippen LogP contribution in [-0.4, -0.2) is 53.7 Å². The Morgan fingerprint density at radius 1 is 0.853 bits per heavy atom. The fourth-order valence-corrected chi connectivity index (χ4v) is 4.79. The molecule has 1 aliphatic rings. The molecule has 2 heterocycles. The molecule has 3 aromatic carbocycles. The van der Waals surface area contributed by atoms with Crippen LogP contribution >= 0.6 is 15.9 Å². The smallest absolute Gasteiger partial charge is 0.238 e. The van der Waals surface area contributed by atoms with Gasteiger partial charge in [0.2, 0.25) is 5.91 Å². The van der Waals surface area contributed by atoms with Crippen molar-refractivity contribution in [3.05, 3.63) is 94.6 Å². The van der Waals surface area contributed by atoms with Crippen molar-refractivity contribution < 1.29 is 4.79 Å². The average molecular weight is 516 g/mol. The van der Waals surface area contributed by atoms with E-state index in [9.17, 15) is 4.79 Å². The summed E-state index contributed by atoms with van der Waals surface area (Å²) in [6.07, 6.45) is 0.759. The largest absolute Gasteiger partial charge is 0.352 e. The van der Waals surface area contributed by atoms with E-state index in [4.69, 9.17) is 0 Å². The van der Waals surface area contributed by atoms with E-state index in [-0.39, 0.29) is 5.91 Å². The topological polar surface area (TPSA) is 61.4 Å². The van der Waals surface area contributed by atoms with E-state index in [2.05, 4.69) is 89.8 Å². The summed E-state index contributed by atoms with van der Waals surface area (Å²) in [5.41, 5.74) is 3.02. The third-order valence-corrected chi connectivity index (χ3v) is 6.60. The maximum Gasteiger partial charge on any atom is 0.238 e. The van der Waals surface area contributed by atoms with Gasteiger partial charge in [-0.05, 0) is 23.8 Å². The highest BCUT2D eigenvalue weighted by Crippen LogP contribution is 2.28. The third kappa shape index (κ3) is 5.26. The van der Waals surface area contributed by atoms with Crippen molar-refractivity contribution in [3.8, 4) is 0 Å². The van der Waals surface area contributed by atoms with Crippen LogP contribution in [0.15, 0.2) is 83.3 Å². The molecule has 0 spiro atoms. The van der Waals surface area contributed by atoms with Gasteiger partial charge in [-0.25, -0.2) is 0 Å². The zero-order valence-electron chi connectivity index (χ0n) is 18.8. The number of halogens is 1. The molecule has 1 aromatic heterocycles. The molecular formula is C27H26BrN5O. The van der Waals surface area contributed by atoms with E-state index in [1.807, 2.05) is 30.3 Å². The number of nitrogens with zero attached hydrogens (tertiary/aromatic N) is 4. The zero-order valence-corrected chi connectivity index (χ0v) is 20.4. The Balaban J connectivity index is 1.25. The number of hydrogen-bond donors (Lipinski definition) is 1. The zero-order chi connectivity index (χ0) is 23.3. The second-order valence-electron chi connectivity index (χ2n) is 8.50. The number of benzene rings is 3. The summed E-state index contributed by atoms with van der Waals surface area (Å²) in [6.45, 7) is 3.59. The molecule has 1 aliphatic heterocycles. The number of nitrogens with one attached hydrogen (secondary N) is 1. The van der Waals surface area contributed by atoms with Gasteiger partial charge in [0, 0.05) is 53.5 Å². The van der Waals surface area contributed by atoms with E-state index >= 15 is 0 Å². The Bertz CT molecular complexity index is 1290. The van der Waals surface area contributed by atoms with Crippen LogP contribution in [-0.2, 0) is 11.2 Å². The van der Waals surface area contributed by atoms with Crippen LogP contribution in [0.4, 0.5) is 11.5 Å². The third-order valence-electron chi connectivity index (χ3n) is 6.11. The van der Waals surface area contributed by atoms with Crippen molar-refractivity contribution in [1.82, 2.24) is 15.1 Å². The first kappa shape index (κ1) is 22.5. The minimum Gasteiger partial charge on any atom is -0.352 e. The van der Waals surface area contributed by atoms with Crippen LogP contribution in [0.5, 0.6) is 0 Å². The Kier molecular flexibility index (Phi) is 6.83. The Hall–Kier alpha value is -3.29. The maximum absolute atomic E-state index is 12.5. The molecule has 34 heavy (non-hydrogen) atoms. The number of amides is 1. The Labute approximate surface area is 207 Å². The van der Waals surface area contributed by atoms with Gasteiger partial charge in [-0.3, -0.25) is 9.69 Å². The number of carbonyl (C=O) groups is 1. The fourth-order valence-electron chi connectivity index (χ4n) is 4.39. The molecule has 1 saturated heterocycles. The predicted molar refractivity (Wildman–Crippen MR) is 140 cm³/mol. The van der Waals surface area contributed by atoms with Crippen molar-refractivity contribution in [2.75, 3.05) is 42.9 Å². The minimum atomic E-state index is 0.00190. The van der Waals surface area contributed by atoms with E-state index in [0.29, 0.717) is 6.54 Å². The van der Waals surface area contributed by atoms with E-state index in [1.54, 1.807) is 0 Å².